The van der Waals surface area contributed by atoms with Gasteiger partial charge < -0.3 is 9.88 Å². The van der Waals surface area contributed by atoms with E-state index in [9.17, 15) is 18.0 Å². The number of rotatable bonds is 5. The number of aromatic nitrogens is 2. The van der Waals surface area contributed by atoms with Crippen molar-refractivity contribution in [3.63, 3.8) is 0 Å². The molecule has 0 radical (unpaired) electrons. The lowest BCUT2D eigenvalue weighted by Gasteiger charge is -2.22. The Morgan fingerprint density at radius 1 is 1.13 bits per heavy atom. The minimum Gasteiger partial charge on any atom is -0.349 e. The summed E-state index contributed by atoms with van der Waals surface area (Å²) in [5.74, 6) is -0.880. The van der Waals surface area contributed by atoms with Crippen LogP contribution >= 0.6 is 0 Å². The summed E-state index contributed by atoms with van der Waals surface area (Å²) in [6, 6.07) is 8.20. The average Bonchev–Trinajstić information content (AvgIpc) is 3.04. The molecule has 2 aliphatic carbocycles. The molecular weight excluding hydrogens is 391 g/mol. The Kier molecular flexibility index (Phi) is 4.56. The van der Waals surface area contributed by atoms with E-state index in [-0.39, 0.29) is 23.8 Å². The summed E-state index contributed by atoms with van der Waals surface area (Å²) in [4.78, 5) is 16.7. The number of nitrogens with zero attached hydrogens (tertiary/aromatic N) is 2. The molecule has 4 nitrogen and oxygen atoms in total. The first-order chi connectivity index (χ1) is 14.5. The van der Waals surface area contributed by atoms with Crippen molar-refractivity contribution in [3.05, 3.63) is 65.7 Å². The van der Waals surface area contributed by atoms with Gasteiger partial charge in [-0.1, -0.05) is 6.92 Å². The molecular formula is C23H22F3N3O. The Morgan fingerprint density at radius 3 is 2.47 bits per heavy atom. The fraction of sp³-hybridized carbons (Fsp3) is 0.391. The van der Waals surface area contributed by atoms with Crippen LogP contribution in [-0.2, 0) is 0 Å². The van der Waals surface area contributed by atoms with Crippen molar-refractivity contribution in [2.45, 2.75) is 38.3 Å². The van der Waals surface area contributed by atoms with Gasteiger partial charge in [-0.05, 0) is 61.3 Å². The van der Waals surface area contributed by atoms with Crippen LogP contribution in [0.3, 0.4) is 0 Å². The van der Waals surface area contributed by atoms with Gasteiger partial charge in [0.05, 0.1) is 17.4 Å². The lowest BCUT2D eigenvalue weighted by Crippen LogP contribution is -2.37. The van der Waals surface area contributed by atoms with Crippen LogP contribution in [0.2, 0.25) is 0 Å². The lowest BCUT2D eigenvalue weighted by atomic mass is 9.98. The molecule has 2 aliphatic rings. The summed E-state index contributed by atoms with van der Waals surface area (Å²) in [6.45, 7) is 2.06. The van der Waals surface area contributed by atoms with Crippen molar-refractivity contribution < 1.29 is 18.0 Å². The molecule has 2 saturated carbocycles. The molecule has 30 heavy (non-hydrogen) atoms. The molecule has 1 heterocycles. The Hall–Kier alpha value is -2.83. The largest absolute Gasteiger partial charge is 0.349 e. The van der Waals surface area contributed by atoms with Crippen LogP contribution in [-0.4, -0.2) is 21.5 Å². The van der Waals surface area contributed by atoms with E-state index in [2.05, 4.69) is 17.2 Å². The third kappa shape index (κ3) is 3.16. The second-order valence-electron chi connectivity index (χ2n) is 8.43. The molecule has 3 aromatic rings. The van der Waals surface area contributed by atoms with Gasteiger partial charge in [0.2, 0.25) is 0 Å². The zero-order valence-corrected chi connectivity index (χ0v) is 16.5. The molecule has 2 fully saturated rings. The van der Waals surface area contributed by atoms with Crippen molar-refractivity contribution in [1.82, 2.24) is 14.9 Å². The Balaban J connectivity index is 1.26. The summed E-state index contributed by atoms with van der Waals surface area (Å²) in [6.07, 6.45) is 4.36. The lowest BCUT2D eigenvalue weighted by molar-refractivity contribution is 0.0927. The number of halogens is 3. The van der Waals surface area contributed by atoms with E-state index >= 15 is 0 Å². The van der Waals surface area contributed by atoms with Crippen LogP contribution in [0.5, 0.6) is 0 Å². The number of benzene rings is 2. The van der Waals surface area contributed by atoms with Gasteiger partial charge in [0.15, 0.2) is 11.6 Å². The molecule has 0 bridgehead atoms. The number of carbonyl (C=O) groups is 1. The third-order valence-corrected chi connectivity index (χ3v) is 6.82. The number of imidazole rings is 1. The fourth-order valence-corrected chi connectivity index (χ4v) is 5.32. The normalized spacial score (nSPS) is 25.9. The summed E-state index contributed by atoms with van der Waals surface area (Å²) in [5, 5.41) is 3.11. The maximum atomic E-state index is 13.7. The summed E-state index contributed by atoms with van der Waals surface area (Å²) >= 11 is 0. The van der Waals surface area contributed by atoms with Gasteiger partial charge >= 0.3 is 0 Å². The molecule has 156 valence electrons. The maximum Gasteiger partial charge on any atom is 0.251 e. The van der Waals surface area contributed by atoms with Gasteiger partial charge in [0.25, 0.3) is 5.91 Å². The number of nitrogens with one attached hydrogen (secondary N) is 1. The number of hydrogen-bond acceptors (Lipinski definition) is 2. The van der Waals surface area contributed by atoms with Crippen LogP contribution in [0.15, 0.2) is 42.7 Å². The number of hydrogen-bond donors (Lipinski definition) is 1. The highest BCUT2D eigenvalue weighted by Gasteiger charge is 2.59. The second kappa shape index (κ2) is 7.15. The molecule has 0 spiro atoms. The Morgan fingerprint density at radius 2 is 1.80 bits per heavy atom. The topological polar surface area (TPSA) is 46.9 Å². The molecule has 2 aromatic carbocycles. The van der Waals surface area contributed by atoms with E-state index < -0.39 is 11.6 Å². The Bertz CT molecular complexity index is 1100. The molecule has 1 N–H and O–H groups in total. The average molecular weight is 413 g/mol. The van der Waals surface area contributed by atoms with Crippen LogP contribution in [0.4, 0.5) is 13.2 Å². The highest BCUT2D eigenvalue weighted by Crippen LogP contribution is 2.62. The van der Waals surface area contributed by atoms with Crippen LogP contribution in [0.1, 0.15) is 42.6 Å². The van der Waals surface area contributed by atoms with Crippen LogP contribution in [0, 0.1) is 35.2 Å². The first-order valence-electron chi connectivity index (χ1n) is 10.3. The van der Waals surface area contributed by atoms with E-state index in [1.807, 2.05) is 4.57 Å². The standard InChI is InChI=1S/C23H22F3N3O/c1-2-19(28-23(30)12-3-5-13(24)6-4-12)22-15-7-14(8-16(15)22)29-11-27-20-9-17(25)18(26)10-21(20)29/h3-6,9-11,14-16,19,22H,2,7-8H2,1H3,(H,28,30)/t14-,15-,16+,19-,22+/m1/s1. The van der Waals surface area contributed by atoms with Gasteiger partial charge in [-0.15, -0.1) is 0 Å². The highest BCUT2D eigenvalue weighted by molar-refractivity contribution is 5.94. The van der Waals surface area contributed by atoms with Gasteiger partial charge in [0, 0.05) is 29.8 Å². The van der Waals surface area contributed by atoms with Gasteiger partial charge in [-0.25, -0.2) is 18.2 Å². The molecule has 1 amide bonds. The molecule has 5 rings (SSSR count). The molecule has 0 aliphatic heterocycles. The first kappa shape index (κ1) is 19.2. The first-order valence-corrected chi connectivity index (χ1v) is 10.3. The zero-order valence-electron chi connectivity index (χ0n) is 16.5. The number of amides is 1. The third-order valence-electron chi connectivity index (χ3n) is 6.82. The van der Waals surface area contributed by atoms with Crippen molar-refractivity contribution in [1.29, 1.82) is 0 Å². The van der Waals surface area contributed by atoms with Gasteiger partial charge in [-0.2, -0.15) is 0 Å². The van der Waals surface area contributed by atoms with E-state index in [0.29, 0.717) is 34.4 Å². The number of carbonyl (C=O) groups excluding carboxylic acids is 1. The molecule has 7 heteroatoms. The van der Waals surface area contributed by atoms with Gasteiger partial charge in [-0.3, -0.25) is 4.79 Å². The van der Waals surface area contributed by atoms with Crippen molar-refractivity contribution in [2.24, 2.45) is 17.8 Å². The second-order valence-corrected chi connectivity index (χ2v) is 8.43. The maximum absolute atomic E-state index is 13.7. The van der Waals surface area contributed by atoms with Crippen molar-refractivity contribution >= 4 is 16.9 Å². The minimum atomic E-state index is -0.884. The van der Waals surface area contributed by atoms with Crippen LogP contribution in [0.25, 0.3) is 11.0 Å². The number of fused-ring (bicyclic) bond motifs is 2. The predicted molar refractivity (Wildman–Crippen MR) is 106 cm³/mol. The van der Waals surface area contributed by atoms with Gasteiger partial charge in [0.1, 0.15) is 5.82 Å². The summed E-state index contributed by atoms with van der Waals surface area (Å²) in [7, 11) is 0. The predicted octanol–water partition coefficient (Wildman–Crippen LogP) is 4.86. The van der Waals surface area contributed by atoms with Crippen molar-refractivity contribution in [2.75, 3.05) is 0 Å². The van der Waals surface area contributed by atoms with Crippen LogP contribution < -0.4 is 5.32 Å². The Labute approximate surface area is 172 Å². The van der Waals surface area contributed by atoms with Crippen molar-refractivity contribution in [3.8, 4) is 0 Å². The highest BCUT2D eigenvalue weighted by atomic mass is 19.2. The minimum absolute atomic E-state index is 0.0737. The monoisotopic (exact) mass is 413 g/mol. The smallest absolute Gasteiger partial charge is 0.251 e. The fourth-order valence-electron chi connectivity index (χ4n) is 5.32. The molecule has 1 aromatic heterocycles. The van der Waals surface area contributed by atoms with E-state index in [1.165, 1.54) is 30.3 Å². The van der Waals surface area contributed by atoms with E-state index in [4.69, 9.17) is 0 Å². The molecule has 0 saturated heterocycles. The van der Waals surface area contributed by atoms with E-state index in [1.54, 1.807) is 6.33 Å². The van der Waals surface area contributed by atoms with E-state index in [0.717, 1.165) is 25.3 Å². The molecule has 0 unspecified atom stereocenters. The summed E-state index contributed by atoms with van der Waals surface area (Å²) < 4.78 is 42.2. The molecule has 5 atom stereocenters. The quantitative estimate of drug-likeness (QED) is 0.649. The zero-order chi connectivity index (χ0) is 21.0. The summed E-state index contributed by atoms with van der Waals surface area (Å²) in [5.41, 5.74) is 1.54. The SMILES string of the molecule is CC[C@@H](NC(=O)c1ccc(F)cc1)[C@H]1[C@@H]2C[C@@H](n3cnc4cc(F)c(F)cc43)C[C@@H]21.